The predicted octanol–water partition coefficient (Wildman–Crippen LogP) is 1.52. The molecule has 3 heteroatoms. The minimum Gasteiger partial charge on any atom is -0.308 e. The lowest BCUT2D eigenvalue weighted by Gasteiger charge is -2.09. The van der Waals surface area contributed by atoms with Gasteiger partial charge in [0.15, 0.2) is 0 Å². The van der Waals surface area contributed by atoms with Crippen molar-refractivity contribution in [3.05, 3.63) is 21.9 Å². The monoisotopic (exact) mass is 195 g/mol. The van der Waals surface area contributed by atoms with Crippen molar-refractivity contribution in [1.29, 1.82) is 0 Å². The Morgan fingerprint density at radius 1 is 1.69 bits per heavy atom. The lowest BCUT2D eigenvalue weighted by Crippen LogP contribution is -2.29. The van der Waals surface area contributed by atoms with Crippen LogP contribution in [0.3, 0.4) is 0 Å². The van der Waals surface area contributed by atoms with Gasteiger partial charge in [-0.3, -0.25) is 0 Å². The van der Waals surface area contributed by atoms with Crippen LogP contribution >= 0.6 is 11.3 Å². The van der Waals surface area contributed by atoms with Gasteiger partial charge in [-0.2, -0.15) is 0 Å². The average molecular weight is 195 g/mol. The second kappa shape index (κ2) is 4.22. The van der Waals surface area contributed by atoms with Crippen molar-refractivity contribution in [2.75, 3.05) is 13.1 Å². The fraction of sp³-hybridized carbons (Fsp3) is 0.600. The lowest BCUT2D eigenvalue weighted by atomic mass is 10.2. The third kappa shape index (κ3) is 2.30. The summed E-state index contributed by atoms with van der Waals surface area (Å²) in [6.45, 7) is 5.24. The highest BCUT2D eigenvalue weighted by Crippen LogP contribution is 2.15. The van der Waals surface area contributed by atoms with E-state index in [0.29, 0.717) is 6.04 Å². The minimum atomic E-state index is 0.626. The van der Waals surface area contributed by atoms with Gasteiger partial charge in [-0.25, -0.2) is 5.32 Å². The molecule has 1 aromatic heterocycles. The van der Waals surface area contributed by atoms with Gasteiger partial charge in [0.25, 0.3) is 0 Å². The Morgan fingerprint density at radius 2 is 2.62 bits per heavy atom. The van der Waals surface area contributed by atoms with Crippen molar-refractivity contribution in [1.82, 2.24) is 10.6 Å². The zero-order valence-electron chi connectivity index (χ0n) is 7.92. The summed E-state index contributed by atoms with van der Waals surface area (Å²) in [4.78, 5) is 1.46. The van der Waals surface area contributed by atoms with Crippen LogP contribution in [-0.4, -0.2) is 19.1 Å². The molecule has 13 heavy (non-hydrogen) atoms. The number of rotatable bonds is 3. The molecule has 0 saturated carbocycles. The van der Waals surface area contributed by atoms with Crippen molar-refractivity contribution in [2.24, 2.45) is 0 Å². The Balaban J connectivity index is 1.82. The largest absolute Gasteiger partial charge is 0.308 e. The van der Waals surface area contributed by atoms with Gasteiger partial charge < -0.3 is 5.32 Å². The van der Waals surface area contributed by atoms with Gasteiger partial charge in [0, 0.05) is 30.6 Å². The predicted molar refractivity (Wildman–Crippen MR) is 56.2 cm³/mol. The summed E-state index contributed by atoms with van der Waals surface area (Å²) in [5.41, 5.74) is 1.41. The van der Waals surface area contributed by atoms with Crippen molar-refractivity contribution < 1.29 is 0 Å². The van der Waals surface area contributed by atoms with Crippen LogP contribution in [0.5, 0.6) is 0 Å². The molecule has 1 fully saturated rings. The summed E-state index contributed by atoms with van der Waals surface area (Å²) >= 11 is 1.84. The van der Waals surface area contributed by atoms with Gasteiger partial charge in [0.1, 0.15) is 0 Å². The second-order valence-corrected chi connectivity index (χ2v) is 4.52. The summed E-state index contributed by atoms with van der Waals surface area (Å²) < 4.78 is 0. The van der Waals surface area contributed by atoms with E-state index < -0.39 is 0 Å². The van der Waals surface area contributed by atoms with E-state index in [1.807, 2.05) is 11.3 Å². The Hall–Kier alpha value is -0.380. The zero-order chi connectivity index (χ0) is 9.10. The first-order valence-corrected chi connectivity index (χ1v) is 5.64. The number of nitrogens with zero attached hydrogens (tertiary/aromatic N) is 1. The molecule has 0 spiro atoms. The van der Waals surface area contributed by atoms with E-state index in [2.05, 4.69) is 29.0 Å². The maximum atomic E-state index is 4.33. The maximum Gasteiger partial charge on any atom is 0.0305 e. The SMILES string of the molecule is Cc1ccsc1CNC1CC[N]C1. The van der Waals surface area contributed by atoms with Crippen LogP contribution in [-0.2, 0) is 6.54 Å². The minimum absolute atomic E-state index is 0.626. The van der Waals surface area contributed by atoms with Crippen LogP contribution < -0.4 is 10.6 Å². The van der Waals surface area contributed by atoms with Crippen LogP contribution in [0.1, 0.15) is 16.9 Å². The molecule has 0 aromatic carbocycles. The third-order valence-corrected chi connectivity index (χ3v) is 3.53. The highest BCUT2D eigenvalue weighted by atomic mass is 32.1. The van der Waals surface area contributed by atoms with E-state index in [9.17, 15) is 0 Å². The molecule has 1 aliphatic rings. The van der Waals surface area contributed by atoms with Gasteiger partial charge in [0.2, 0.25) is 0 Å². The highest BCUT2D eigenvalue weighted by Gasteiger charge is 2.14. The van der Waals surface area contributed by atoms with Crippen molar-refractivity contribution in [3.63, 3.8) is 0 Å². The normalized spacial score (nSPS) is 22.4. The first-order chi connectivity index (χ1) is 6.36. The molecule has 1 saturated heterocycles. The molecule has 0 bridgehead atoms. The van der Waals surface area contributed by atoms with E-state index in [0.717, 1.165) is 19.6 Å². The van der Waals surface area contributed by atoms with E-state index in [1.165, 1.54) is 16.9 Å². The van der Waals surface area contributed by atoms with E-state index in [-0.39, 0.29) is 0 Å². The van der Waals surface area contributed by atoms with Gasteiger partial charge in [-0.15, -0.1) is 11.3 Å². The molecule has 0 amide bonds. The van der Waals surface area contributed by atoms with Crippen molar-refractivity contribution in [3.8, 4) is 0 Å². The molecule has 2 nitrogen and oxygen atoms in total. The van der Waals surface area contributed by atoms with Crippen LogP contribution in [0.25, 0.3) is 0 Å². The van der Waals surface area contributed by atoms with E-state index in [1.54, 1.807) is 0 Å². The number of hydrogen-bond donors (Lipinski definition) is 1. The summed E-state index contributed by atoms with van der Waals surface area (Å²) in [5.74, 6) is 0. The van der Waals surface area contributed by atoms with Gasteiger partial charge in [-0.05, 0) is 30.4 Å². The van der Waals surface area contributed by atoms with Gasteiger partial charge in [0.05, 0.1) is 0 Å². The quantitative estimate of drug-likeness (QED) is 0.777. The first kappa shape index (κ1) is 9.19. The van der Waals surface area contributed by atoms with E-state index >= 15 is 0 Å². The number of hydrogen-bond acceptors (Lipinski definition) is 2. The van der Waals surface area contributed by atoms with Crippen LogP contribution in [0.4, 0.5) is 0 Å². The molecule has 1 aromatic rings. The van der Waals surface area contributed by atoms with Crippen LogP contribution in [0.15, 0.2) is 11.4 Å². The Morgan fingerprint density at radius 3 is 3.23 bits per heavy atom. The fourth-order valence-electron chi connectivity index (χ4n) is 1.57. The number of nitrogens with one attached hydrogen (secondary N) is 1. The topological polar surface area (TPSA) is 26.1 Å². The molecule has 1 N–H and O–H groups in total. The van der Waals surface area contributed by atoms with E-state index in [4.69, 9.17) is 0 Å². The molecule has 1 aliphatic heterocycles. The molecule has 1 unspecified atom stereocenters. The molecule has 2 heterocycles. The average Bonchev–Trinajstić information content (AvgIpc) is 2.72. The third-order valence-electron chi connectivity index (χ3n) is 2.50. The first-order valence-electron chi connectivity index (χ1n) is 4.76. The molecule has 71 valence electrons. The summed E-state index contributed by atoms with van der Waals surface area (Å²) in [5, 5.41) is 10.0. The Labute approximate surface area is 83.4 Å². The number of aryl methyl sites for hydroxylation is 1. The maximum absolute atomic E-state index is 4.33. The Kier molecular flexibility index (Phi) is 2.98. The Bertz CT molecular complexity index is 264. The molecule has 2 rings (SSSR count). The van der Waals surface area contributed by atoms with Crippen LogP contribution in [0.2, 0.25) is 0 Å². The number of thiophene rings is 1. The zero-order valence-corrected chi connectivity index (χ0v) is 8.73. The van der Waals surface area contributed by atoms with Gasteiger partial charge >= 0.3 is 0 Å². The standard InChI is InChI=1S/C10H15N2S/c1-8-3-5-13-10(8)7-12-9-2-4-11-6-9/h3,5,9,12H,2,4,6-7H2,1H3. The smallest absolute Gasteiger partial charge is 0.0305 e. The summed E-state index contributed by atoms with van der Waals surface area (Å²) in [6.07, 6.45) is 1.21. The molecular weight excluding hydrogens is 180 g/mol. The van der Waals surface area contributed by atoms with Crippen LogP contribution in [0, 0.1) is 6.92 Å². The van der Waals surface area contributed by atoms with Crippen molar-refractivity contribution >= 4 is 11.3 Å². The molecule has 0 aliphatic carbocycles. The molecular formula is C10H15N2S. The summed E-state index contributed by atoms with van der Waals surface area (Å²) in [6, 6.07) is 2.81. The second-order valence-electron chi connectivity index (χ2n) is 3.52. The lowest BCUT2D eigenvalue weighted by molar-refractivity contribution is 0.549. The molecule has 1 atom stereocenters. The summed E-state index contributed by atoms with van der Waals surface area (Å²) in [7, 11) is 0. The fourth-order valence-corrected chi connectivity index (χ4v) is 2.43. The highest BCUT2D eigenvalue weighted by molar-refractivity contribution is 7.10. The van der Waals surface area contributed by atoms with Crippen molar-refractivity contribution in [2.45, 2.75) is 25.9 Å². The van der Waals surface area contributed by atoms with Gasteiger partial charge in [-0.1, -0.05) is 0 Å². The molecule has 1 radical (unpaired) electrons.